The number of nitriles is 1. The van der Waals surface area contributed by atoms with Crippen molar-refractivity contribution in [1.82, 2.24) is 10.2 Å². The number of halogens is 1. The van der Waals surface area contributed by atoms with Gasteiger partial charge in [-0.1, -0.05) is 0 Å². The Morgan fingerprint density at radius 1 is 1.38 bits per heavy atom. The van der Waals surface area contributed by atoms with Gasteiger partial charge >= 0.3 is 0 Å². The number of aromatic nitrogens is 2. The second-order valence-electron chi connectivity index (χ2n) is 5.23. The van der Waals surface area contributed by atoms with Crippen LogP contribution < -0.4 is 19.9 Å². The molecule has 1 aromatic carbocycles. The van der Waals surface area contributed by atoms with Crippen LogP contribution in [0.3, 0.4) is 0 Å². The predicted molar refractivity (Wildman–Crippen MR) is 89.9 cm³/mol. The lowest BCUT2D eigenvalue weighted by Gasteiger charge is -2.24. The van der Waals surface area contributed by atoms with Gasteiger partial charge in [0, 0.05) is 11.3 Å². The van der Waals surface area contributed by atoms with Crippen LogP contribution in [-0.2, 0) is 0 Å². The molecule has 0 aliphatic carbocycles. The number of rotatable bonds is 3. The summed E-state index contributed by atoms with van der Waals surface area (Å²) in [7, 11) is 3.12. The lowest BCUT2D eigenvalue weighted by molar-refractivity contribution is 0.352. The standard InChI is InChI=1S/C16H15BrN4O3/c1-7-12-13(9(6-18)15(19)24-16(12)21-20-7)8-4-10(17)14(23-3)11(5-8)22-2/h4-5,13H,19H2,1-3H3,(H,20,21)/t13-/m1/s1. The molecule has 0 radical (unpaired) electrons. The van der Waals surface area contributed by atoms with Crippen molar-refractivity contribution in [3.63, 3.8) is 0 Å². The van der Waals surface area contributed by atoms with E-state index in [2.05, 4.69) is 32.2 Å². The van der Waals surface area contributed by atoms with E-state index in [-0.39, 0.29) is 5.88 Å². The fourth-order valence-corrected chi connectivity index (χ4v) is 3.46. The zero-order valence-corrected chi connectivity index (χ0v) is 14.9. The van der Waals surface area contributed by atoms with Crippen molar-refractivity contribution in [3.8, 4) is 23.4 Å². The summed E-state index contributed by atoms with van der Waals surface area (Å²) < 4.78 is 16.9. The maximum Gasteiger partial charge on any atom is 0.244 e. The van der Waals surface area contributed by atoms with Crippen molar-refractivity contribution < 1.29 is 14.2 Å². The van der Waals surface area contributed by atoms with Crippen LogP contribution in [0.5, 0.6) is 17.4 Å². The molecule has 0 bridgehead atoms. The Hall–Kier alpha value is -2.66. The molecule has 2 heterocycles. The molecule has 124 valence electrons. The molecule has 8 heteroatoms. The minimum absolute atomic E-state index is 0.0485. The van der Waals surface area contributed by atoms with Crippen LogP contribution in [0.1, 0.15) is 22.7 Å². The summed E-state index contributed by atoms with van der Waals surface area (Å²) in [6.07, 6.45) is 0. The first-order valence-electron chi connectivity index (χ1n) is 7.05. The Labute approximate surface area is 147 Å². The SMILES string of the molecule is COc1cc([C@@H]2C(C#N)=C(N)Oc3n[nH]c(C)c32)cc(Br)c1OC. The molecule has 3 N–H and O–H groups in total. The number of hydrogen-bond acceptors (Lipinski definition) is 6. The molecule has 1 atom stereocenters. The minimum atomic E-state index is -0.409. The number of nitrogens with two attached hydrogens (primary N) is 1. The van der Waals surface area contributed by atoms with E-state index in [9.17, 15) is 5.26 Å². The number of methoxy groups -OCH3 is 2. The van der Waals surface area contributed by atoms with Crippen LogP contribution in [0, 0.1) is 18.3 Å². The molecule has 0 fully saturated rings. The summed E-state index contributed by atoms with van der Waals surface area (Å²) in [6, 6.07) is 5.84. The van der Waals surface area contributed by atoms with E-state index < -0.39 is 5.92 Å². The number of aromatic amines is 1. The van der Waals surface area contributed by atoms with Crippen LogP contribution in [-0.4, -0.2) is 24.4 Å². The van der Waals surface area contributed by atoms with Crippen molar-refractivity contribution in [2.75, 3.05) is 14.2 Å². The average molecular weight is 391 g/mol. The molecule has 1 aliphatic heterocycles. The summed E-state index contributed by atoms with van der Waals surface area (Å²) in [6.45, 7) is 1.87. The number of allylic oxidation sites excluding steroid dienone is 1. The Balaban J connectivity index is 2.26. The molecule has 1 aromatic heterocycles. The molecular weight excluding hydrogens is 376 g/mol. The number of ether oxygens (including phenoxy) is 3. The van der Waals surface area contributed by atoms with Gasteiger partial charge in [0.1, 0.15) is 11.6 Å². The van der Waals surface area contributed by atoms with Gasteiger partial charge < -0.3 is 19.9 Å². The van der Waals surface area contributed by atoms with Crippen LogP contribution in [0.15, 0.2) is 28.1 Å². The highest BCUT2D eigenvalue weighted by atomic mass is 79.9. The third kappa shape index (κ3) is 2.37. The number of aryl methyl sites for hydroxylation is 1. The second-order valence-corrected chi connectivity index (χ2v) is 6.08. The van der Waals surface area contributed by atoms with Gasteiger partial charge in [0.25, 0.3) is 0 Å². The summed E-state index contributed by atoms with van der Waals surface area (Å²) in [5, 5.41) is 16.6. The fourth-order valence-electron chi connectivity index (χ4n) is 2.84. The third-order valence-electron chi connectivity index (χ3n) is 3.92. The molecule has 0 amide bonds. The van der Waals surface area contributed by atoms with E-state index in [1.807, 2.05) is 19.1 Å². The van der Waals surface area contributed by atoms with Crippen LogP contribution >= 0.6 is 15.9 Å². The van der Waals surface area contributed by atoms with Gasteiger partial charge in [-0.2, -0.15) is 5.26 Å². The van der Waals surface area contributed by atoms with E-state index in [1.54, 1.807) is 14.2 Å². The van der Waals surface area contributed by atoms with Gasteiger partial charge in [-0.15, -0.1) is 5.10 Å². The molecule has 7 nitrogen and oxygen atoms in total. The number of fused-ring (bicyclic) bond motifs is 1. The number of benzene rings is 1. The Morgan fingerprint density at radius 3 is 2.75 bits per heavy atom. The molecule has 3 rings (SSSR count). The van der Waals surface area contributed by atoms with E-state index in [1.165, 1.54) is 0 Å². The molecular formula is C16H15BrN4O3. The van der Waals surface area contributed by atoms with E-state index >= 15 is 0 Å². The third-order valence-corrected chi connectivity index (χ3v) is 4.51. The molecule has 2 aromatic rings. The summed E-state index contributed by atoms with van der Waals surface area (Å²) in [5.41, 5.74) is 8.64. The van der Waals surface area contributed by atoms with Crippen molar-refractivity contribution >= 4 is 15.9 Å². The minimum Gasteiger partial charge on any atom is -0.493 e. The van der Waals surface area contributed by atoms with Gasteiger partial charge in [0.05, 0.1) is 24.6 Å². The highest BCUT2D eigenvalue weighted by Crippen LogP contribution is 2.46. The van der Waals surface area contributed by atoms with Gasteiger partial charge in [-0.05, 0) is 40.5 Å². The number of hydrogen-bond donors (Lipinski definition) is 2. The first-order valence-corrected chi connectivity index (χ1v) is 7.85. The monoisotopic (exact) mass is 390 g/mol. The Bertz CT molecular complexity index is 882. The number of nitrogens with zero attached hydrogens (tertiary/aromatic N) is 2. The topological polar surface area (TPSA) is 106 Å². The maximum atomic E-state index is 9.58. The van der Waals surface area contributed by atoms with Gasteiger partial charge in [0.15, 0.2) is 11.5 Å². The molecule has 0 saturated carbocycles. The van der Waals surface area contributed by atoms with Crippen LogP contribution in [0.4, 0.5) is 0 Å². The highest BCUT2D eigenvalue weighted by molar-refractivity contribution is 9.10. The molecule has 0 saturated heterocycles. The predicted octanol–water partition coefficient (Wildman–Crippen LogP) is 2.72. The van der Waals surface area contributed by atoms with Crippen molar-refractivity contribution in [2.24, 2.45) is 5.73 Å². The van der Waals surface area contributed by atoms with Gasteiger partial charge in [-0.3, -0.25) is 5.10 Å². The second kappa shape index (κ2) is 6.09. The van der Waals surface area contributed by atoms with E-state index in [4.69, 9.17) is 19.9 Å². The maximum absolute atomic E-state index is 9.58. The quantitative estimate of drug-likeness (QED) is 0.834. The molecule has 0 spiro atoms. The van der Waals surface area contributed by atoms with Crippen molar-refractivity contribution in [2.45, 2.75) is 12.8 Å². The highest BCUT2D eigenvalue weighted by Gasteiger charge is 2.35. The van der Waals surface area contributed by atoms with Crippen LogP contribution in [0.25, 0.3) is 0 Å². The average Bonchev–Trinajstić information content (AvgIpc) is 2.93. The van der Waals surface area contributed by atoms with Crippen molar-refractivity contribution in [3.05, 3.63) is 44.9 Å². The Kier molecular flexibility index (Phi) is 4.11. The van der Waals surface area contributed by atoms with E-state index in [0.717, 1.165) is 16.8 Å². The number of H-pyrrole nitrogens is 1. The molecule has 1 aliphatic rings. The normalized spacial score (nSPS) is 16.2. The first kappa shape index (κ1) is 16.2. The zero-order chi connectivity index (χ0) is 17.4. The lowest BCUT2D eigenvalue weighted by Crippen LogP contribution is -2.21. The molecule has 0 unspecified atom stereocenters. The fraction of sp³-hybridized carbons (Fsp3) is 0.250. The zero-order valence-electron chi connectivity index (χ0n) is 13.3. The number of nitrogens with one attached hydrogen (secondary N) is 1. The first-order chi connectivity index (χ1) is 11.5. The van der Waals surface area contributed by atoms with Gasteiger partial charge in [0.2, 0.25) is 11.8 Å². The molecule has 24 heavy (non-hydrogen) atoms. The van der Waals surface area contributed by atoms with Crippen molar-refractivity contribution in [1.29, 1.82) is 5.26 Å². The summed E-state index contributed by atoms with van der Waals surface area (Å²) in [5.74, 6) is 1.14. The summed E-state index contributed by atoms with van der Waals surface area (Å²) in [4.78, 5) is 0. The summed E-state index contributed by atoms with van der Waals surface area (Å²) >= 11 is 3.48. The van der Waals surface area contributed by atoms with E-state index in [0.29, 0.717) is 27.4 Å². The largest absolute Gasteiger partial charge is 0.493 e. The van der Waals surface area contributed by atoms with Gasteiger partial charge in [-0.25, -0.2) is 0 Å². The Morgan fingerprint density at radius 2 is 2.12 bits per heavy atom. The smallest absolute Gasteiger partial charge is 0.244 e. The van der Waals surface area contributed by atoms with Crippen LogP contribution in [0.2, 0.25) is 0 Å². The lowest BCUT2D eigenvalue weighted by atomic mass is 9.84.